The predicted molar refractivity (Wildman–Crippen MR) is 68.1 cm³/mol. The lowest BCUT2D eigenvalue weighted by atomic mass is 10.0. The molecule has 2 fully saturated rings. The van der Waals surface area contributed by atoms with Crippen LogP contribution in [-0.2, 0) is 14.4 Å². The van der Waals surface area contributed by atoms with Crippen molar-refractivity contribution in [1.82, 2.24) is 10.2 Å². The summed E-state index contributed by atoms with van der Waals surface area (Å²) in [6, 6.07) is 0. The maximum absolute atomic E-state index is 11.5. The van der Waals surface area contributed by atoms with Crippen LogP contribution in [0.25, 0.3) is 0 Å². The summed E-state index contributed by atoms with van der Waals surface area (Å²) < 4.78 is 0. The lowest BCUT2D eigenvalue weighted by molar-refractivity contribution is -0.146. The number of fused-ring (bicyclic) bond motifs is 1. The molecule has 3 aliphatic heterocycles. The number of carboxylic acids is 1. The van der Waals surface area contributed by atoms with E-state index in [2.05, 4.69) is 5.32 Å². The Hall–Kier alpha value is -1.76. The third-order valence-corrected chi connectivity index (χ3v) is 4.64. The van der Waals surface area contributed by atoms with Crippen molar-refractivity contribution in [2.24, 2.45) is 0 Å². The van der Waals surface area contributed by atoms with E-state index in [0.29, 0.717) is 36.3 Å². The van der Waals surface area contributed by atoms with Crippen LogP contribution in [0.5, 0.6) is 0 Å². The first-order valence-corrected chi connectivity index (χ1v) is 7.01. The van der Waals surface area contributed by atoms with Gasteiger partial charge in [0.25, 0.3) is 0 Å². The Morgan fingerprint density at radius 3 is 2.84 bits per heavy atom. The first-order valence-electron chi connectivity index (χ1n) is 5.97. The highest BCUT2D eigenvalue weighted by molar-refractivity contribution is 8.00. The van der Waals surface area contributed by atoms with E-state index in [1.54, 1.807) is 6.08 Å². The van der Waals surface area contributed by atoms with Gasteiger partial charge in [-0.2, -0.15) is 0 Å². The van der Waals surface area contributed by atoms with Gasteiger partial charge >= 0.3 is 5.97 Å². The lowest BCUT2D eigenvalue weighted by Crippen LogP contribution is -2.53. The first-order chi connectivity index (χ1) is 9.08. The van der Waals surface area contributed by atoms with Gasteiger partial charge in [0, 0.05) is 17.9 Å². The zero-order chi connectivity index (χ0) is 13.6. The molecule has 0 aromatic heterocycles. The Kier molecular flexibility index (Phi) is 2.85. The molecule has 0 radical (unpaired) electrons. The van der Waals surface area contributed by atoms with Gasteiger partial charge in [-0.1, -0.05) is 0 Å². The molecular formula is C12H12N2O4S. The number of β-lactam (4-membered cyclic amide) rings is 1. The summed E-state index contributed by atoms with van der Waals surface area (Å²) in [5.74, 6) is -0.906. The number of thioether (sulfide) groups is 1. The van der Waals surface area contributed by atoms with Crippen molar-refractivity contribution in [2.45, 2.75) is 18.2 Å². The number of carbonyl (C=O) groups is 3. The summed E-state index contributed by atoms with van der Waals surface area (Å²) in [5.41, 5.74) is 1.17. The highest BCUT2D eigenvalue weighted by Gasteiger charge is 2.45. The van der Waals surface area contributed by atoms with E-state index in [4.69, 9.17) is 0 Å². The average molecular weight is 280 g/mol. The minimum absolute atomic E-state index is 0.0344. The van der Waals surface area contributed by atoms with Crippen LogP contribution >= 0.6 is 11.8 Å². The van der Waals surface area contributed by atoms with Gasteiger partial charge in [-0.25, -0.2) is 4.79 Å². The normalized spacial score (nSPS) is 28.3. The Morgan fingerprint density at radius 1 is 1.47 bits per heavy atom. The molecule has 0 aromatic carbocycles. The number of rotatable bonds is 2. The number of allylic oxidation sites excluding steroid dienone is 1. The molecule has 0 bridgehead atoms. The lowest BCUT2D eigenvalue weighted by Gasteiger charge is -2.43. The quantitative estimate of drug-likeness (QED) is 0.552. The molecule has 100 valence electrons. The number of hydrogen-bond donors (Lipinski definition) is 2. The number of nitrogens with one attached hydrogen (secondary N) is 1. The monoisotopic (exact) mass is 280 g/mol. The second-order valence-electron chi connectivity index (χ2n) is 4.59. The van der Waals surface area contributed by atoms with Crippen LogP contribution in [0.3, 0.4) is 0 Å². The van der Waals surface area contributed by atoms with Gasteiger partial charge in [0.15, 0.2) is 0 Å². The van der Waals surface area contributed by atoms with Crippen molar-refractivity contribution >= 4 is 29.5 Å². The van der Waals surface area contributed by atoms with E-state index in [0.717, 1.165) is 0 Å². The molecule has 6 nitrogen and oxygen atoms in total. The summed E-state index contributed by atoms with van der Waals surface area (Å²) in [7, 11) is 0. The topological polar surface area (TPSA) is 86.7 Å². The summed E-state index contributed by atoms with van der Waals surface area (Å²) in [4.78, 5) is 35.7. The minimum atomic E-state index is -1.11. The van der Waals surface area contributed by atoms with Crippen LogP contribution in [-0.4, -0.2) is 45.5 Å². The maximum Gasteiger partial charge on any atom is 0.352 e. The highest BCUT2D eigenvalue weighted by Crippen LogP contribution is 2.40. The van der Waals surface area contributed by atoms with E-state index in [9.17, 15) is 19.5 Å². The molecule has 19 heavy (non-hydrogen) atoms. The molecule has 1 atom stereocenters. The molecule has 3 heterocycles. The van der Waals surface area contributed by atoms with Gasteiger partial charge in [-0.15, -0.1) is 11.8 Å². The Balaban J connectivity index is 2.00. The number of carbonyl (C=O) groups excluding carboxylic acids is 2. The van der Waals surface area contributed by atoms with Crippen LogP contribution in [0.1, 0.15) is 12.8 Å². The van der Waals surface area contributed by atoms with E-state index in [1.165, 1.54) is 16.7 Å². The van der Waals surface area contributed by atoms with Crippen molar-refractivity contribution < 1.29 is 19.5 Å². The van der Waals surface area contributed by atoms with Crippen molar-refractivity contribution in [3.63, 3.8) is 0 Å². The molecular weight excluding hydrogens is 268 g/mol. The van der Waals surface area contributed by atoms with Gasteiger partial charge in [0.05, 0.1) is 11.8 Å². The van der Waals surface area contributed by atoms with Crippen LogP contribution < -0.4 is 5.32 Å². The van der Waals surface area contributed by atoms with E-state index < -0.39 is 5.97 Å². The number of aliphatic carboxylic acids is 1. The van der Waals surface area contributed by atoms with Gasteiger partial charge < -0.3 is 10.4 Å². The van der Waals surface area contributed by atoms with E-state index in [-0.39, 0.29) is 22.9 Å². The highest BCUT2D eigenvalue weighted by atomic mass is 32.2. The molecule has 0 saturated carbocycles. The average Bonchev–Trinajstić information content (AvgIpc) is 2.75. The van der Waals surface area contributed by atoms with Crippen LogP contribution in [0.15, 0.2) is 22.9 Å². The standard InChI is InChI=1S/C12H12N2O4S/c15-8-4-9-14(8)10(12(17)18)7(5-19-9)3-6-1-2-13-11(6)16/h3,9H,1-2,4-5H2,(H,13,16)(H,17,18). The number of nitrogens with zero attached hydrogens (tertiary/aromatic N) is 1. The molecule has 0 aliphatic carbocycles. The molecule has 0 aromatic rings. The Labute approximate surface area is 113 Å². The summed E-state index contributed by atoms with van der Waals surface area (Å²) in [6.45, 7) is 0.582. The molecule has 1 unspecified atom stereocenters. The molecule has 2 N–H and O–H groups in total. The maximum atomic E-state index is 11.5. The Bertz CT molecular complexity index is 552. The fourth-order valence-electron chi connectivity index (χ4n) is 2.43. The van der Waals surface area contributed by atoms with Crippen molar-refractivity contribution in [1.29, 1.82) is 0 Å². The number of amides is 2. The molecule has 7 heteroatoms. The number of carboxylic acid groups (broad SMARTS) is 1. The van der Waals surface area contributed by atoms with Crippen LogP contribution in [0.2, 0.25) is 0 Å². The van der Waals surface area contributed by atoms with Gasteiger partial charge in [0.1, 0.15) is 5.70 Å². The summed E-state index contributed by atoms with van der Waals surface area (Å²) >= 11 is 1.54. The van der Waals surface area contributed by atoms with Crippen molar-refractivity contribution in [2.75, 3.05) is 12.3 Å². The number of hydrogen-bond acceptors (Lipinski definition) is 4. The van der Waals surface area contributed by atoms with Crippen LogP contribution in [0.4, 0.5) is 0 Å². The second kappa shape index (κ2) is 4.41. The van der Waals surface area contributed by atoms with Gasteiger partial charge in [-0.3, -0.25) is 14.5 Å². The largest absolute Gasteiger partial charge is 0.477 e. The second-order valence-corrected chi connectivity index (χ2v) is 5.75. The zero-order valence-corrected chi connectivity index (χ0v) is 10.8. The Morgan fingerprint density at radius 2 is 2.26 bits per heavy atom. The smallest absolute Gasteiger partial charge is 0.352 e. The van der Waals surface area contributed by atoms with Gasteiger partial charge in [-0.05, 0) is 18.1 Å². The zero-order valence-electron chi connectivity index (χ0n) is 10.0. The van der Waals surface area contributed by atoms with Crippen molar-refractivity contribution in [3.05, 3.63) is 22.9 Å². The molecule has 0 spiro atoms. The minimum Gasteiger partial charge on any atom is -0.477 e. The molecule has 3 rings (SSSR count). The molecule has 2 saturated heterocycles. The summed E-state index contributed by atoms with van der Waals surface area (Å²) in [6.07, 6.45) is 2.61. The van der Waals surface area contributed by atoms with Gasteiger partial charge in [0.2, 0.25) is 11.8 Å². The summed E-state index contributed by atoms with van der Waals surface area (Å²) in [5, 5.41) is 11.9. The molecule has 2 amide bonds. The van der Waals surface area contributed by atoms with Crippen molar-refractivity contribution in [3.8, 4) is 0 Å². The first kappa shape index (κ1) is 12.3. The fraction of sp³-hybridized carbons (Fsp3) is 0.417. The fourth-order valence-corrected chi connectivity index (χ4v) is 3.66. The predicted octanol–water partition coefficient (Wildman–Crippen LogP) is 0.0766. The third kappa shape index (κ3) is 1.94. The van der Waals surface area contributed by atoms with E-state index in [1.807, 2.05) is 0 Å². The van der Waals surface area contributed by atoms with Crippen LogP contribution in [0, 0.1) is 0 Å². The SMILES string of the molecule is O=C(O)C1=C(C=C2CCNC2=O)CSC2CC(=O)N12. The molecule has 3 aliphatic rings. The third-order valence-electron chi connectivity index (χ3n) is 3.40. The van der Waals surface area contributed by atoms with E-state index >= 15 is 0 Å².